The lowest BCUT2D eigenvalue weighted by Gasteiger charge is -2.14. The number of aryl methyl sites for hydroxylation is 1. The summed E-state index contributed by atoms with van der Waals surface area (Å²) in [5.41, 5.74) is 2.71. The largest absolute Gasteiger partial charge is 0.495 e. The molecule has 0 saturated heterocycles. The normalized spacial score (nSPS) is 10.2. The number of nitro benzene ring substituents is 1. The maximum Gasteiger partial charge on any atom is 0.271 e. The summed E-state index contributed by atoms with van der Waals surface area (Å²) in [6.07, 6.45) is 0. The number of halogens is 1. The number of nitrogens with one attached hydrogen (secondary N) is 2. The van der Waals surface area contributed by atoms with E-state index in [9.17, 15) is 14.9 Å². The zero-order valence-electron chi connectivity index (χ0n) is 14.1. The maximum absolute atomic E-state index is 11.3. The van der Waals surface area contributed by atoms with Crippen LogP contribution in [0.5, 0.6) is 5.75 Å². The Hall–Kier alpha value is -2.80. The number of ether oxygens (including phenoxy) is 1. The second kappa shape index (κ2) is 7.85. The van der Waals surface area contributed by atoms with Gasteiger partial charge in [0.2, 0.25) is 5.91 Å². The van der Waals surface area contributed by atoms with E-state index < -0.39 is 4.92 Å². The molecule has 0 spiro atoms. The number of hydrogen-bond acceptors (Lipinski definition) is 5. The highest BCUT2D eigenvalue weighted by molar-refractivity contribution is 6.33. The summed E-state index contributed by atoms with van der Waals surface area (Å²) in [5.74, 6) is 0.362. The number of methoxy groups -OCH3 is 1. The molecule has 132 valence electrons. The topological polar surface area (TPSA) is 93.5 Å². The van der Waals surface area contributed by atoms with Crippen LogP contribution in [0, 0.1) is 17.0 Å². The van der Waals surface area contributed by atoms with E-state index in [1.54, 1.807) is 19.1 Å². The van der Waals surface area contributed by atoms with Crippen molar-refractivity contribution in [2.24, 2.45) is 0 Å². The van der Waals surface area contributed by atoms with E-state index in [4.69, 9.17) is 16.3 Å². The molecule has 0 aromatic heterocycles. The minimum Gasteiger partial charge on any atom is -0.495 e. The van der Waals surface area contributed by atoms with Crippen molar-refractivity contribution >= 4 is 34.6 Å². The molecule has 0 heterocycles. The molecular weight excluding hydrogens is 346 g/mol. The Kier molecular flexibility index (Phi) is 5.82. The van der Waals surface area contributed by atoms with Crippen molar-refractivity contribution < 1.29 is 14.5 Å². The highest BCUT2D eigenvalue weighted by Crippen LogP contribution is 2.32. The van der Waals surface area contributed by atoms with Crippen LogP contribution in [0.2, 0.25) is 5.02 Å². The molecule has 2 aromatic carbocycles. The molecule has 0 atom stereocenters. The van der Waals surface area contributed by atoms with Gasteiger partial charge in [0.1, 0.15) is 5.75 Å². The van der Waals surface area contributed by atoms with Crippen molar-refractivity contribution in [2.75, 3.05) is 17.7 Å². The first-order chi connectivity index (χ1) is 11.8. The molecule has 0 aliphatic carbocycles. The van der Waals surface area contributed by atoms with Gasteiger partial charge in [-0.05, 0) is 30.2 Å². The van der Waals surface area contributed by atoms with Gasteiger partial charge in [0.25, 0.3) is 5.69 Å². The Bertz CT molecular complexity index is 801. The van der Waals surface area contributed by atoms with Gasteiger partial charge in [-0.2, -0.15) is 0 Å². The van der Waals surface area contributed by atoms with E-state index in [0.717, 1.165) is 5.56 Å². The van der Waals surface area contributed by atoms with Crippen LogP contribution in [0.15, 0.2) is 30.3 Å². The van der Waals surface area contributed by atoms with Gasteiger partial charge in [-0.25, -0.2) is 0 Å². The molecule has 0 bridgehead atoms. The molecule has 2 rings (SSSR count). The zero-order chi connectivity index (χ0) is 18.6. The number of rotatable bonds is 6. The van der Waals surface area contributed by atoms with Crippen LogP contribution in [-0.2, 0) is 11.3 Å². The fourth-order valence-electron chi connectivity index (χ4n) is 2.40. The molecule has 1 amide bonds. The highest BCUT2D eigenvalue weighted by Gasteiger charge is 2.13. The van der Waals surface area contributed by atoms with Crippen LogP contribution in [0.4, 0.5) is 17.1 Å². The van der Waals surface area contributed by atoms with Gasteiger partial charge in [-0.3, -0.25) is 14.9 Å². The van der Waals surface area contributed by atoms with Gasteiger partial charge in [0.05, 0.1) is 28.4 Å². The quantitative estimate of drug-likeness (QED) is 0.594. The van der Waals surface area contributed by atoms with E-state index >= 15 is 0 Å². The van der Waals surface area contributed by atoms with Crippen LogP contribution in [0.25, 0.3) is 0 Å². The fourth-order valence-corrected chi connectivity index (χ4v) is 2.73. The second-order valence-corrected chi connectivity index (χ2v) is 5.85. The molecular formula is C17H18ClN3O4. The summed E-state index contributed by atoms with van der Waals surface area (Å²) < 4.78 is 5.22. The van der Waals surface area contributed by atoms with Gasteiger partial charge in [0.15, 0.2) is 0 Å². The van der Waals surface area contributed by atoms with Gasteiger partial charge in [0, 0.05) is 25.6 Å². The van der Waals surface area contributed by atoms with E-state index in [1.165, 1.54) is 26.2 Å². The van der Waals surface area contributed by atoms with E-state index in [0.29, 0.717) is 29.2 Å². The van der Waals surface area contributed by atoms with E-state index in [-0.39, 0.29) is 16.6 Å². The SMILES string of the molecule is COc1ccc(CNc2c(C)cc([N+](=O)[O-])cc2Cl)cc1NC(C)=O. The molecule has 2 N–H and O–H groups in total. The molecule has 0 aliphatic rings. The Morgan fingerprint density at radius 3 is 2.60 bits per heavy atom. The lowest BCUT2D eigenvalue weighted by molar-refractivity contribution is -0.384. The molecule has 8 heteroatoms. The lowest BCUT2D eigenvalue weighted by Crippen LogP contribution is -2.08. The number of nitrogens with zero attached hydrogens (tertiary/aromatic N) is 1. The van der Waals surface area contributed by atoms with Crippen molar-refractivity contribution in [3.8, 4) is 5.75 Å². The van der Waals surface area contributed by atoms with Gasteiger partial charge >= 0.3 is 0 Å². The summed E-state index contributed by atoms with van der Waals surface area (Å²) >= 11 is 6.15. The minimum atomic E-state index is -0.480. The molecule has 0 aliphatic heterocycles. The molecule has 0 fully saturated rings. The molecule has 2 aromatic rings. The molecule has 7 nitrogen and oxygen atoms in total. The Morgan fingerprint density at radius 2 is 2.04 bits per heavy atom. The third kappa shape index (κ3) is 4.60. The predicted octanol–water partition coefficient (Wildman–Crippen LogP) is 4.14. The van der Waals surface area contributed by atoms with Crippen molar-refractivity contribution in [1.82, 2.24) is 0 Å². The number of carbonyl (C=O) groups is 1. The van der Waals surface area contributed by atoms with E-state index in [2.05, 4.69) is 10.6 Å². The third-order valence-electron chi connectivity index (χ3n) is 3.53. The number of anilines is 2. The summed E-state index contributed by atoms with van der Waals surface area (Å²) in [5, 5.41) is 17.0. The fraction of sp³-hybridized carbons (Fsp3) is 0.235. The summed E-state index contributed by atoms with van der Waals surface area (Å²) in [7, 11) is 1.53. The average molecular weight is 364 g/mol. The minimum absolute atomic E-state index is 0.0505. The number of amides is 1. The molecule has 0 saturated carbocycles. The third-order valence-corrected chi connectivity index (χ3v) is 3.82. The zero-order valence-corrected chi connectivity index (χ0v) is 14.8. The van der Waals surface area contributed by atoms with Crippen molar-refractivity contribution in [2.45, 2.75) is 20.4 Å². The predicted molar refractivity (Wildman–Crippen MR) is 97.5 cm³/mol. The standard InChI is InChI=1S/C17H18ClN3O4/c1-10-6-13(21(23)24)8-14(18)17(10)19-9-12-4-5-16(25-3)15(7-12)20-11(2)22/h4-8,19H,9H2,1-3H3,(H,20,22). The van der Waals surface area contributed by atoms with Crippen molar-refractivity contribution in [1.29, 1.82) is 0 Å². The molecule has 25 heavy (non-hydrogen) atoms. The van der Waals surface area contributed by atoms with Crippen molar-refractivity contribution in [3.63, 3.8) is 0 Å². The number of nitro groups is 1. The number of benzene rings is 2. The van der Waals surface area contributed by atoms with Gasteiger partial charge in [-0.1, -0.05) is 17.7 Å². The maximum atomic E-state index is 11.3. The van der Waals surface area contributed by atoms with Crippen LogP contribution < -0.4 is 15.4 Å². The monoisotopic (exact) mass is 363 g/mol. The number of carbonyl (C=O) groups excluding carboxylic acids is 1. The van der Waals surface area contributed by atoms with Crippen LogP contribution in [-0.4, -0.2) is 17.9 Å². The second-order valence-electron chi connectivity index (χ2n) is 5.45. The average Bonchev–Trinajstić information content (AvgIpc) is 2.53. The first-order valence-electron chi connectivity index (χ1n) is 7.44. The molecule has 0 radical (unpaired) electrons. The highest BCUT2D eigenvalue weighted by atomic mass is 35.5. The van der Waals surface area contributed by atoms with Gasteiger partial charge in [-0.15, -0.1) is 0 Å². The van der Waals surface area contributed by atoms with Crippen LogP contribution in [0.3, 0.4) is 0 Å². The first kappa shape index (κ1) is 18.5. The summed E-state index contributed by atoms with van der Waals surface area (Å²) in [6.45, 7) is 3.59. The number of non-ortho nitro benzene ring substituents is 1. The summed E-state index contributed by atoms with van der Waals surface area (Å²) in [6, 6.07) is 8.18. The first-order valence-corrected chi connectivity index (χ1v) is 7.82. The lowest BCUT2D eigenvalue weighted by atomic mass is 10.1. The van der Waals surface area contributed by atoms with E-state index in [1.807, 2.05) is 6.07 Å². The Balaban J connectivity index is 2.21. The molecule has 0 unspecified atom stereocenters. The van der Waals surface area contributed by atoms with Crippen molar-refractivity contribution in [3.05, 3.63) is 56.6 Å². The smallest absolute Gasteiger partial charge is 0.271 e. The summed E-state index contributed by atoms with van der Waals surface area (Å²) in [4.78, 5) is 21.7. The Morgan fingerprint density at radius 1 is 1.32 bits per heavy atom. The Labute approximate surface area is 150 Å². The van der Waals surface area contributed by atoms with Crippen LogP contribution in [0.1, 0.15) is 18.1 Å². The van der Waals surface area contributed by atoms with Gasteiger partial charge < -0.3 is 15.4 Å². The number of hydrogen-bond donors (Lipinski definition) is 2. The van der Waals surface area contributed by atoms with Crippen LogP contribution >= 0.6 is 11.6 Å².